The molecule has 3 rings (SSSR count). The summed E-state index contributed by atoms with van der Waals surface area (Å²) in [5.74, 6) is -0.259. The molecule has 0 aliphatic heterocycles. The highest BCUT2D eigenvalue weighted by Crippen LogP contribution is 2.35. The Balaban J connectivity index is 1.75. The van der Waals surface area contributed by atoms with Gasteiger partial charge in [0.1, 0.15) is 0 Å². The summed E-state index contributed by atoms with van der Waals surface area (Å²) in [6.45, 7) is 1.12. The minimum absolute atomic E-state index is 0.259. The van der Waals surface area contributed by atoms with Gasteiger partial charge in [-0.15, -0.1) is 11.3 Å². The molecule has 1 aliphatic rings. The number of carbonyl (C=O) groups is 1. The Kier molecular flexibility index (Phi) is 4.29. The van der Waals surface area contributed by atoms with Gasteiger partial charge in [-0.05, 0) is 31.0 Å². The summed E-state index contributed by atoms with van der Waals surface area (Å²) in [7, 11) is 0. The monoisotopic (exact) mass is 320 g/mol. The number of benzene rings is 1. The molecule has 0 spiro atoms. The van der Waals surface area contributed by atoms with Gasteiger partial charge in [0.2, 0.25) is 5.91 Å². The smallest absolute Gasteiger partial charge is 0.231 e. The molecule has 2 aromatic rings. The van der Waals surface area contributed by atoms with E-state index in [4.69, 9.17) is 17.3 Å². The van der Waals surface area contributed by atoms with Crippen LogP contribution in [0.15, 0.2) is 36.4 Å². The molecule has 1 aromatic carbocycles. The van der Waals surface area contributed by atoms with Crippen LogP contribution in [0.5, 0.6) is 0 Å². The van der Waals surface area contributed by atoms with Gasteiger partial charge in [0.15, 0.2) is 0 Å². The second-order valence-electron chi connectivity index (χ2n) is 5.35. The van der Waals surface area contributed by atoms with Crippen LogP contribution in [-0.2, 0) is 11.3 Å². The molecule has 0 unspecified atom stereocenters. The highest BCUT2D eigenvalue weighted by Gasteiger charge is 2.30. The van der Waals surface area contributed by atoms with Crippen LogP contribution in [0.1, 0.15) is 17.7 Å². The first-order valence-electron chi connectivity index (χ1n) is 6.99. The minimum Gasteiger partial charge on any atom is -0.369 e. The Hall–Kier alpha value is -1.36. The molecule has 0 saturated heterocycles. The molecule has 1 heterocycles. The highest BCUT2D eigenvalue weighted by molar-refractivity contribution is 7.15. The van der Waals surface area contributed by atoms with Crippen LogP contribution in [0, 0.1) is 0 Å². The average molecular weight is 321 g/mol. The fraction of sp³-hybridized carbons (Fsp3) is 0.312. The van der Waals surface area contributed by atoms with E-state index in [9.17, 15) is 4.79 Å². The lowest BCUT2D eigenvalue weighted by Crippen LogP contribution is -2.34. The van der Waals surface area contributed by atoms with E-state index in [0.29, 0.717) is 12.6 Å². The second-order valence-corrected chi connectivity index (χ2v) is 6.92. The van der Waals surface area contributed by atoms with Crippen molar-refractivity contribution in [2.24, 2.45) is 5.73 Å². The molecular weight excluding hydrogens is 304 g/mol. The van der Waals surface area contributed by atoms with Crippen molar-refractivity contribution < 1.29 is 4.79 Å². The van der Waals surface area contributed by atoms with Gasteiger partial charge in [-0.2, -0.15) is 0 Å². The lowest BCUT2D eigenvalue weighted by Gasteiger charge is -2.18. The molecule has 0 bridgehead atoms. The van der Waals surface area contributed by atoms with Gasteiger partial charge < -0.3 is 5.73 Å². The lowest BCUT2D eigenvalue weighted by molar-refractivity contribution is -0.119. The van der Waals surface area contributed by atoms with Crippen molar-refractivity contribution in [3.05, 3.63) is 46.3 Å². The standard InChI is InChI=1S/C16H17ClN2OS/c17-14-4-2-1-3-13(14)15-8-7-12(21-15)9-19(10-16(18)20)11-5-6-11/h1-4,7-8,11H,5-6,9-10H2,(H2,18,20). The SMILES string of the molecule is NC(=O)CN(Cc1ccc(-c2ccccc2Cl)s1)C1CC1. The van der Waals surface area contributed by atoms with Crippen LogP contribution >= 0.6 is 22.9 Å². The molecular formula is C16H17ClN2OS. The number of rotatable bonds is 6. The van der Waals surface area contributed by atoms with Crippen molar-refractivity contribution >= 4 is 28.8 Å². The van der Waals surface area contributed by atoms with E-state index >= 15 is 0 Å². The van der Waals surface area contributed by atoms with E-state index < -0.39 is 0 Å². The van der Waals surface area contributed by atoms with Crippen LogP contribution < -0.4 is 5.73 Å². The number of halogens is 1. The third kappa shape index (κ3) is 3.64. The number of amides is 1. The van der Waals surface area contributed by atoms with Crippen LogP contribution in [0.2, 0.25) is 5.02 Å². The number of primary amides is 1. The van der Waals surface area contributed by atoms with Gasteiger partial charge in [-0.1, -0.05) is 29.8 Å². The maximum atomic E-state index is 11.2. The average Bonchev–Trinajstić information content (AvgIpc) is 3.19. The van der Waals surface area contributed by atoms with Crippen LogP contribution in [0.4, 0.5) is 0 Å². The van der Waals surface area contributed by atoms with E-state index in [1.165, 1.54) is 4.88 Å². The predicted octanol–water partition coefficient (Wildman–Crippen LogP) is 3.52. The first-order chi connectivity index (χ1) is 10.1. The van der Waals surface area contributed by atoms with Crippen molar-refractivity contribution in [1.82, 2.24) is 4.90 Å². The maximum absolute atomic E-state index is 11.2. The summed E-state index contributed by atoms with van der Waals surface area (Å²) in [4.78, 5) is 15.7. The molecule has 0 atom stereocenters. The molecule has 1 amide bonds. The summed E-state index contributed by atoms with van der Waals surface area (Å²) in [5, 5.41) is 0.766. The summed E-state index contributed by atoms with van der Waals surface area (Å²) in [5.41, 5.74) is 6.39. The zero-order valence-electron chi connectivity index (χ0n) is 11.6. The topological polar surface area (TPSA) is 46.3 Å². The van der Waals surface area contributed by atoms with Crippen LogP contribution in [-0.4, -0.2) is 23.4 Å². The predicted molar refractivity (Wildman–Crippen MR) is 87.4 cm³/mol. The molecule has 1 aromatic heterocycles. The van der Waals surface area contributed by atoms with Gasteiger partial charge in [0.25, 0.3) is 0 Å². The second kappa shape index (κ2) is 6.18. The molecule has 1 saturated carbocycles. The lowest BCUT2D eigenvalue weighted by atomic mass is 10.2. The van der Waals surface area contributed by atoms with E-state index in [-0.39, 0.29) is 5.91 Å². The Bertz CT molecular complexity index is 651. The highest BCUT2D eigenvalue weighted by atomic mass is 35.5. The number of hydrogen-bond acceptors (Lipinski definition) is 3. The van der Waals surface area contributed by atoms with Crippen LogP contribution in [0.3, 0.4) is 0 Å². The number of nitrogens with zero attached hydrogens (tertiary/aromatic N) is 1. The number of hydrogen-bond donors (Lipinski definition) is 1. The molecule has 0 radical (unpaired) electrons. The Morgan fingerprint density at radius 2 is 2.05 bits per heavy atom. The molecule has 1 fully saturated rings. The number of thiophene rings is 1. The van der Waals surface area contributed by atoms with Gasteiger partial charge in [0.05, 0.1) is 6.54 Å². The van der Waals surface area contributed by atoms with Crippen molar-refractivity contribution in [3.63, 3.8) is 0 Å². The van der Waals surface area contributed by atoms with Crippen molar-refractivity contribution in [1.29, 1.82) is 0 Å². The van der Waals surface area contributed by atoms with Gasteiger partial charge in [0, 0.05) is 32.9 Å². The third-order valence-electron chi connectivity index (χ3n) is 3.58. The van der Waals surface area contributed by atoms with E-state index in [0.717, 1.165) is 34.8 Å². The number of carbonyl (C=O) groups excluding carboxylic acids is 1. The fourth-order valence-electron chi connectivity index (χ4n) is 2.42. The molecule has 1 aliphatic carbocycles. The first kappa shape index (κ1) is 14.6. The third-order valence-corrected chi connectivity index (χ3v) is 5.01. The first-order valence-corrected chi connectivity index (χ1v) is 8.19. The quantitative estimate of drug-likeness (QED) is 0.885. The van der Waals surface area contributed by atoms with Gasteiger partial charge in [-0.25, -0.2) is 0 Å². The summed E-state index contributed by atoms with van der Waals surface area (Å²) in [6, 6.07) is 12.6. The van der Waals surface area contributed by atoms with Crippen molar-refractivity contribution in [2.75, 3.05) is 6.54 Å². The zero-order valence-corrected chi connectivity index (χ0v) is 13.2. The normalized spacial score (nSPS) is 14.6. The van der Waals surface area contributed by atoms with E-state index in [2.05, 4.69) is 17.0 Å². The summed E-state index contributed by atoms with van der Waals surface area (Å²) < 4.78 is 0. The van der Waals surface area contributed by atoms with E-state index in [1.807, 2.05) is 24.3 Å². The molecule has 21 heavy (non-hydrogen) atoms. The zero-order chi connectivity index (χ0) is 14.8. The molecule has 5 heteroatoms. The summed E-state index contributed by atoms with van der Waals surface area (Å²) >= 11 is 7.96. The van der Waals surface area contributed by atoms with Gasteiger partial charge >= 0.3 is 0 Å². The minimum atomic E-state index is -0.259. The largest absolute Gasteiger partial charge is 0.369 e. The Morgan fingerprint density at radius 3 is 2.71 bits per heavy atom. The van der Waals surface area contributed by atoms with Crippen molar-refractivity contribution in [2.45, 2.75) is 25.4 Å². The Labute approximate surface area is 133 Å². The Morgan fingerprint density at radius 1 is 1.29 bits per heavy atom. The van der Waals surface area contributed by atoms with Crippen LogP contribution in [0.25, 0.3) is 10.4 Å². The maximum Gasteiger partial charge on any atom is 0.231 e. The molecule has 2 N–H and O–H groups in total. The molecule has 3 nitrogen and oxygen atoms in total. The fourth-order valence-corrected chi connectivity index (χ4v) is 3.79. The van der Waals surface area contributed by atoms with Crippen molar-refractivity contribution in [3.8, 4) is 10.4 Å². The van der Waals surface area contributed by atoms with E-state index in [1.54, 1.807) is 11.3 Å². The van der Waals surface area contributed by atoms with Gasteiger partial charge in [-0.3, -0.25) is 9.69 Å². The molecule has 110 valence electrons. The summed E-state index contributed by atoms with van der Waals surface area (Å²) in [6.07, 6.45) is 2.33. The number of nitrogens with two attached hydrogens (primary N) is 1.